The number of carbonyl (C=O) groups is 1. The molecular weight excluding hydrogens is 407 g/mol. The Kier molecular flexibility index (Phi) is 5.77. The Labute approximate surface area is 185 Å². The van der Waals surface area contributed by atoms with E-state index in [2.05, 4.69) is 4.98 Å². The minimum atomic E-state index is -0.605. The van der Waals surface area contributed by atoms with Crippen LogP contribution in [0.1, 0.15) is 27.0 Å². The summed E-state index contributed by atoms with van der Waals surface area (Å²) in [5, 5.41) is 0.805. The lowest BCUT2D eigenvalue weighted by Gasteiger charge is -2.25. The number of benzene rings is 3. The second kappa shape index (κ2) is 8.67. The molecule has 32 heavy (non-hydrogen) atoms. The Morgan fingerprint density at radius 1 is 1.03 bits per heavy atom. The van der Waals surface area contributed by atoms with Gasteiger partial charge in [0.05, 0.1) is 24.7 Å². The number of hydrogen-bond acceptors (Lipinski definition) is 3. The van der Waals surface area contributed by atoms with E-state index in [4.69, 9.17) is 4.74 Å². The number of nitrogens with one attached hydrogen (secondary N) is 1. The van der Waals surface area contributed by atoms with Crippen LogP contribution in [0.2, 0.25) is 0 Å². The Balaban J connectivity index is 1.82. The van der Waals surface area contributed by atoms with E-state index >= 15 is 0 Å². The summed E-state index contributed by atoms with van der Waals surface area (Å²) >= 11 is 0. The highest BCUT2D eigenvalue weighted by atomic mass is 19.1. The lowest BCUT2D eigenvalue weighted by atomic mass is 10.1. The number of aromatic nitrogens is 1. The molecule has 4 rings (SSSR count). The van der Waals surface area contributed by atoms with E-state index in [0.717, 1.165) is 16.5 Å². The van der Waals surface area contributed by atoms with Crippen molar-refractivity contribution in [3.63, 3.8) is 0 Å². The first-order valence-corrected chi connectivity index (χ1v) is 10.2. The van der Waals surface area contributed by atoms with Gasteiger partial charge in [-0.3, -0.25) is 9.59 Å². The number of halogens is 1. The number of rotatable bonds is 5. The number of anilines is 1. The number of pyridine rings is 1. The average Bonchev–Trinajstić information content (AvgIpc) is 2.77. The SMILES string of the molecule is COc1ccc2cc(CN(C(=O)c3ccccc3F)c3ccc(C)cc3C)c(=O)[nH]c2c1. The third-order valence-corrected chi connectivity index (χ3v) is 5.45. The van der Waals surface area contributed by atoms with E-state index in [-0.39, 0.29) is 17.7 Å². The Morgan fingerprint density at radius 3 is 2.53 bits per heavy atom. The van der Waals surface area contributed by atoms with Crippen LogP contribution >= 0.6 is 0 Å². The maximum absolute atomic E-state index is 14.5. The maximum Gasteiger partial charge on any atom is 0.261 e. The van der Waals surface area contributed by atoms with Crippen molar-refractivity contribution in [2.45, 2.75) is 20.4 Å². The normalized spacial score (nSPS) is 10.9. The number of amides is 1. The second-order valence-electron chi connectivity index (χ2n) is 7.74. The number of aromatic amines is 1. The van der Waals surface area contributed by atoms with Crippen molar-refractivity contribution in [1.29, 1.82) is 0 Å². The fourth-order valence-corrected chi connectivity index (χ4v) is 3.79. The molecule has 1 heterocycles. The van der Waals surface area contributed by atoms with Gasteiger partial charge in [0.1, 0.15) is 11.6 Å². The number of methoxy groups -OCH3 is 1. The third kappa shape index (κ3) is 4.12. The van der Waals surface area contributed by atoms with Gasteiger partial charge in [-0.15, -0.1) is 0 Å². The van der Waals surface area contributed by atoms with Gasteiger partial charge in [-0.25, -0.2) is 4.39 Å². The van der Waals surface area contributed by atoms with E-state index in [0.29, 0.717) is 22.5 Å². The summed E-state index contributed by atoms with van der Waals surface area (Å²) in [6.45, 7) is 3.84. The molecular formula is C26H23FN2O3. The first kappa shape index (κ1) is 21.3. The number of hydrogen-bond donors (Lipinski definition) is 1. The smallest absolute Gasteiger partial charge is 0.261 e. The summed E-state index contributed by atoms with van der Waals surface area (Å²) in [4.78, 5) is 30.6. The molecule has 5 nitrogen and oxygen atoms in total. The minimum absolute atomic E-state index is 0.00558. The van der Waals surface area contributed by atoms with Crippen LogP contribution in [0.15, 0.2) is 71.5 Å². The van der Waals surface area contributed by atoms with Crippen LogP contribution in [0.25, 0.3) is 10.9 Å². The molecule has 6 heteroatoms. The fraction of sp³-hybridized carbons (Fsp3) is 0.154. The summed E-state index contributed by atoms with van der Waals surface area (Å²) in [5.41, 5.74) is 3.19. The maximum atomic E-state index is 14.5. The van der Waals surface area contributed by atoms with Gasteiger partial charge >= 0.3 is 0 Å². The number of nitrogens with zero attached hydrogens (tertiary/aromatic N) is 1. The standard InChI is InChI=1S/C26H23FN2O3/c1-16-8-11-24(17(2)12-16)29(26(31)21-6-4-5-7-22(21)27)15-19-13-18-9-10-20(32-3)14-23(18)28-25(19)30/h4-14H,15H2,1-3H3,(H,28,30). The van der Waals surface area contributed by atoms with Gasteiger partial charge in [-0.05, 0) is 61.2 Å². The molecule has 0 radical (unpaired) electrons. The Morgan fingerprint density at radius 2 is 1.81 bits per heavy atom. The monoisotopic (exact) mass is 430 g/mol. The van der Waals surface area contributed by atoms with Gasteiger partial charge in [0.2, 0.25) is 0 Å². The molecule has 0 saturated carbocycles. The Hall–Kier alpha value is -3.93. The van der Waals surface area contributed by atoms with Crippen LogP contribution < -0.4 is 15.2 Å². The van der Waals surface area contributed by atoms with Crippen LogP contribution in [0.3, 0.4) is 0 Å². The number of carbonyl (C=O) groups excluding carboxylic acids is 1. The van der Waals surface area contributed by atoms with Crippen LogP contribution in [0.5, 0.6) is 5.75 Å². The summed E-state index contributed by atoms with van der Waals surface area (Å²) in [5.74, 6) is -0.483. The molecule has 3 aromatic carbocycles. The van der Waals surface area contributed by atoms with Crippen LogP contribution in [-0.2, 0) is 6.54 Å². The number of ether oxygens (including phenoxy) is 1. The molecule has 0 saturated heterocycles. The van der Waals surface area contributed by atoms with Crippen molar-refractivity contribution in [1.82, 2.24) is 4.98 Å². The molecule has 1 N–H and O–H groups in total. The molecule has 1 aromatic heterocycles. The molecule has 0 bridgehead atoms. The van der Waals surface area contributed by atoms with E-state index in [1.165, 1.54) is 23.1 Å². The van der Waals surface area contributed by atoms with Gasteiger partial charge in [-0.1, -0.05) is 29.8 Å². The van der Waals surface area contributed by atoms with E-state index in [1.54, 1.807) is 31.4 Å². The third-order valence-electron chi connectivity index (χ3n) is 5.45. The molecule has 0 aliphatic rings. The number of H-pyrrole nitrogens is 1. The first-order chi connectivity index (χ1) is 15.4. The van der Waals surface area contributed by atoms with Crippen LogP contribution in [0, 0.1) is 19.7 Å². The Bertz CT molecular complexity index is 1380. The lowest BCUT2D eigenvalue weighted by molar-refractivity contribution is 0.0981. The van der Waals surface area contributed by atoms with Crippen molar-refractivity contribution in [3.05, 3.63) is 105 Å². The second-order valence-corrected chi connectivity index (χ2v) is 7.74. The number of fused-ring (bicyclic) bond motifs is 1. The molecule has 0 unspecified atom stereocenters. The van der Waals surface area contributed by atoms with Crippen molar-refractivity contribution >= 4 is 22.5 Å². The quantitative estimate of drug-likeness (QED) is 0.477. The number of aryl methyl sites for hydroxylation is 2. The van der Waals surface area contributed by atoms with Crippen molar-refractivity contribution in [3.8, 4) is 5.75 Å². The van der Waals surface area contributed by atoms with Gasteiger partial charge in [0, 0.05) is 17.3 Å². The van der Waals surface area contributed by atoms with Crippen LogP contribution in [0.4, 0.5) is 10.1 Å². The van der Waals surface area contributed by atoms with Gasteiger partial charge in [-0.2, -0.15) is 0 Å². The average molecular weight is 430 g/mol. The zero-order valence-electron chi connectivity index (χ0n) is 18.1. The summed E-state index contributed by atoms with van der Waals surface area (Å²) in [6.07, 6.45) is 0. The summed E-state index contributed by atoms with van der Waals surface area (Å²) in [7, 11) is 1.56. The van der Waals surface area contributed by atoms with Crippen molar-refractivity contribution < 1.29 is 13.9 Å². The molecule has 0 aliphatic heterocycles. The van der Waals surface area contributed by atoms with Crippen LogP contribution in [-0.4, -0.2) is 18.0 Å². The van der Waals surface area contributed by atoms with Gasteiger partial charge < -0.3 is 14.6 Å². The predicted octanol–water partition coefficient (Wildman–Crippen LogP) is 5.14. The highest BCUT2D eigenvalue weighted by Crippen LogP contribution is 2.26. The topological polar surface area (TPSA) is 62.4 Å². The summed E-state index contributed by atoms with van der Waals surface area (Å²) in [6, 6.07) is 18.7. The highest BCUT2D eigenvalue weighted by Gasteiger charge is 2.23. The highest BCUT2D eigenvalue weighted by molar-refractivity contribution is 6.06. The zero-order chi connectivity index (χ0) is 22.8. The van der Waals surface area contributed by atoms with E-state index in [1.807, 2.05) is 38.1 Å². The molecule has 0 spiro atoms. The molecule has 0 atom stereocenters. The predicted molar refractivity (Wildman–Crippen MR) is 124 cm³/mol. The molecule has 1 amide bonds. The molecule has 0 fully saturated rings. The minimum Gasteiger partial charge on any atom is -0.497 e. The molecule has 162 valence electrons. The summed E-state index contributed by atoms with van der Waals surface area (Å²) < 4.78 is 19.7. The first-order valence-electron chi connectivity index (χ1n) is 10.2. The fourth-order valence-electron chi connectivity index (χ4n) is 3.79. The van der Waals surface area contributed by atoms with Crippen molar-refractivity contribution in [2.24, 2.45) is 0 Å². The van der Waals surface area contributed by atoms with Gasteiger partial charge in [0.15, 0.2) is 0 Å². The van der Waals surface area contributed by atoms with Crippen molar-refractivity contribution in [2.75, 3.05) is 12.0 Å². The van der Waals surface area contributed by atoms with Gasteiger partial charge in [0.25, 0.3) is 11.5 Å². The zero-order valence-corrected chi connectivity index (χ0v) is 18.1. The largest absolute Gasteiger partial charge is 0.497 e. The lowest BCUT2D eigenvalue weighted by Crippen LogP contribution is -2.34. The molecule has 0 aliphatic carbocycles. The molecule has 4 aromatic rings. The van der Waals surface area contributed by atoms with E-state index in [9.17, 15) is 14.0 Å². The van der Waals surface area contributed by atoms with E-state index < -0.39 is 11.7 Å².